The summed E-state index contributed by atoms with van der Waals surface area (Å²) in [7, 11) is 0. The molecule has 1 N–H and O–H groups in total. The second-order valence-corrected chi connectivity index (χ2v) is 5.71. The predicted molar refractivity (Wildman–Crippen MR) is 56.6 cm³/mol. The van der Waals surface area contributed by atoms with Crippen molar-refractivity contribution in [3.8, 4) is 0 Å². The maximum atomic E-state index is 9.93. The van der Waals surface area contributed by atoms with E-state index in [0.717, 1.165) is 19.3 Å². The van der Waals surface area contributed by atoms with Crippen LogP contribution in [-0.4, -0.2) is 11.2 Å². The molecular formula is C12H22O. The molecule has 1 heteroatoms. The van der Waals surface area contributed by atoms with Crippen LogP contribution in [0, 0.1) is 10.8 Å². The molecule has 0 amide bonds. The Kier molecular flexibility index (Phi) is 2.59. The van der Waals surface area contributed by atoms with E-state index in [0.29, 0.717) is 0 Å². The Balaban J connectivity index is 2.90. The molecule has 0 radical (unpaired) electrons. The first-order valence-electron chi connectivity index (χ1n) is 5.12. The average Bonchev–Trinajstić information content (AvgIpc) is 2.00. The van der Waals surface area contributed by atoms with E-state index in [-0.39, 0.29) is 16.9 Å². The zero-order valence-corrected chi connectivity index (χ0v) is 9.35. The summed E-state index contributed by atoms with van der Waals surface area (Å²) >= 11 is 0. The van der Waals surface area contributed by atoms with Crippen LogP contribution in [0.2, 0.25) is 0 Å². The van der Waals surface area contributed by atoms with Crippen molar-refractivity contribution in [2.75, 3.05) is 0 Å². The SMILES string of the molecule is C=C1CCC(O)C(C)(C)CC1(C)C. The van der Waals surface area contributed by atoms with E-state index in [1.165, 1.54) is 5.57 Å². The zero-order valence-electron chi connectivity index (χ0n) is 9.35. The third-order valence-electron chi connectivity index (χ3n) is 3.48. The van der Waals surface area contributed by atoms with Crippen LogP contribution < -0.4 is 0 Å². The first-order chi connectivity index (χ1) is 5.76. The summed E-state index contributed by atoms with van der Waals surface area (Å²) in [5.41, 5.74) is 1.50. The standard InChI is InChI=1S/C12H22O/c1-9-6-7-10(13)12(4,5)8-11(9,2)3/h10,13H,1,6-8H2,2-5H3. The first-order valence-corrected chi connectivity index (χ1v) is 5.12. The van der Waals surface area contributed by atoms with E-state index >= 15 is 0 Å². The molecule has 1 fully saturated rings. The Hall–Kier alpha value is -0.300. The highest BCUT2D eigenvalue weighted by Gasteiger charge is 2.38. The zero-order chi connectivity index (χ0) is 10.3. The number of aliphatic hydroxyl groups is 1. The summed E-state index contributed by atoms with van der Waals surface area (Å²) < 4.78 is 0. The molecule has 0 saturated heterocycles. The van der Waals surface area contributed by atoms with Gasteiger partial charge in [-0.15, -0.1) is 0 Å². The summed E-state index contributed by atoms with van der Waals surface area (Å²) in [4.78, 5) is 0. The molecule has 0 aromatic rings. The van der Waals surface area contributed by atoms with Gasteiger partial charge >= 0.3 is 0 Å². The highest BCUT2D eigenvalue weighted by Crippen LogP contribution is 2.46. The van der Waals surface area contributed by atoms with Gasteiger partial charge in [0.25, 0.3) is 0 Å². The Morgan fingerprint density at radius 3 is 2.38 bits per heavy atom. The van der Waals surface area contributed by atoms with Gasteiger partial charge in [-0.3, -0.25) is 0 Å². The second-order valence-electron chi connectivity index (χ2n) is 5.71. The van der Waals surface area contributed by atoms with Gasteiger partial charge in [-0.05, 0) is 30.1 Å². The predicted octanol–water partition coefficient (Wildman–Crippen LogP) is 3.14. The smallest absolute Gasteiger partial charge is 0.0594 e. The minimum absolute atomic E-state index is 0.0307. The van der Waals surface area contributed by atoms with E-state index in [1.807, 2.05) is 0 Å². The normalized spacial score (nSPS) is 32.7. The quantitative estimate of drug-likeness (QED) is 0.451. The molecule has 13 heavy (non-hydrogen) atoms. The molecule has 0 bridgehead atoms. The lowest BCUT2D eigenvalue weighted by Crippen LogP contribution is -2.31. The van der Waals surface area contributed by atoms with Crippen LogP contribution in [0.15, 0.2) is 12.2 Å². The van der Waals surface area contributed by atoms with Crippen molar-refractivity contribution in [1.82, 2.24) is 0 Å². The van der Waals surface area contributed by atoms with Crippen molar-refractivity contribution >= 4 is 0 Å². The fourth-order valence-corrected chi connectivity index (χ4v) is 2.42. The summed E-state index contributed by atoms with van der Waals surface area (Å²) in [5, 5.41) is 9.93. The van der Waals surface area contributed by atoms with Crippen molar-refractivity contribution in [2.24, 2.45) is 10.8 Å². The first kappa shape index (κ1) is 10.8. The van der Waals surface area contributed by atoms with Gasteiger partial charge in [0, 0.05) is 0 Å². The molecule has 0 spiro atoms. The fourth-order valence-electron chi connectivity index (χ4n) is 2.42. The molecule has 1 unspecified atom stereocenters. The second kappa shape index (κ2) is 3.13. The Bertz CT molecular complexity index is 213. The van der Waals surface area contributed by atoms with Crippen LogP contribution in [0.5, 0.6) is 0 Å². The summed E-state index contributed by atoms with van der Waals surface area (Å²) in [6.45, 7) is 12.9. The highest BCUT2D eigenvalue weighted by atomic mass is 16.3. The van der Waals surface area contributed by atoms with Crippen LogP contribution >= 0.6 is 0 Å². The molecule has 0 aromatic carbocycles. The Labute approximate surface area is 81.9 Å². The lowest BCUT2D eigenvalue weighted by atomic mass is 9.72. The summed E-state index contributed by atoms with van der Waals surface area (Å²) in [5.74, 6) is 0. The summed E-state index contributed by atoms with van der Waals surface area (Å²) in [6, 6.07) is 0. The maximum Gasteiger partial charge on any atom is 0.0594 e. The van der Waals surface area contributed by atoms with Gasteiger partial charge in [0.1, 0.15) is 0 Å². The van der Waals surface area contributed by atoms with Crippen LogP contribution in [0.1, 0.15) is 47.0 Å². The lowest BCUT2D eigenvalue weighted by Gasteiger charge is -2.35. The van der Waals surface area contributed by atoms with E-state index in [1.54, 1.807) is 0 Å². The van der Waals surface area contributed by atoms with Gasteiger partial charge in [-0.25, -0.2) is 0 Å². The molecule has 0 aromatic heterocycles. The van der Waals surface area contributed by atoms with E-state index < -0.39 is 0 Å². The van der Waals surface area contributed by atoms with E-state index in [9.17, 15) is 5.11 Å². The number of rotatable bonds is 0. The highest BCUT2D eigenvalue weighted by molar-refractivity contribution is 5.11. The molecule has 1 atom stereocenters. The third-order valence-corrected chi connectivity index (χ3v) is 3.48. The molecule has 1 saturated carbocycles. The Morgan fingerprint density at radius 2 is 1.85 bits per heavy atom. The number of allylic oxidation sites excluding steroid dienone is 1. The van der Waals surface area contributed by atoms with Crippen LogP contribution in [0.4, 0.5) is 0 Å². The number of hydrogen-bond donors (Lipinski definition) is 1. The topological polar surface area (TPSA) is 20.2 Å². The van der Waals surface area contributed by atoms with Gasteiger partial charge in [-0.2, -0.15) is 0 Å². The van der Waals surface area contributed by atoms with Crippen molar-refractivity contribution in [2.45, 2.75) is 53.1 Å². The third kappa shape index (κ3) is 2.14. The molecule has 1 nitrogen and oxygen atoms in total. The van der Waals surface area contributed by atoms with Gasteiger partial charge in [0.2, 0.25) is 0 Å². The van der Waals surface area contributed by atoms with E-state index in [4.69, 9.17) is 0 Å². The number of aliphatic hydroxyl groups excluding tert-OH is 1. The van der Waals surface area contributed by atoms with Crippen LogP contribution in [0.3, 0.4) is 0 Å². The minimum atomic E-state index is -0.175. The van der Waals surface area contributed by atoms with Crippen molar-refractivity contribution < 1.29 is 5.11 Å². The van der Waals surface area contributed by atoms with Crippen LogP contribution in [-0.2, 0) is 0 Å². The summed E-state index contributed by atoms with van der Waals surface area (Å²) in [6.07, 6.45) is 2.69. The van der Waals surface area contributed by atoms with Gasteiger partial charge in [-0.1, -0.05) is 39.8 Å². The Morgan fingerprint density at radius 1 is 1.31 bits per heavy atom. The van der Waals surface area contributed by atoms with Gasteiger partial charge in [0.15, 0.2) is 0 Å². The van der Waals surface area contributed by atoms with Crippen LogP contribution in [0.25, 0.3) is 0 Å². The van der Waals surface area contributed by atoms with Gasteiger partial charge in [0.05, 0.1) is 6.10 Å². The van der Waals surface area contributed by atoms with Gasteiger partial charge < -0.3 is 5.11 Å². The molecule has 0 heterocycles. The largest absolute Gasteiger partial charge is 0.393 e. The molecular weight excluding hydrogens is 160 g/mol. The fraction of sp³-hybridized carbons (Fsp3) is 0.833. The molecule has 1 rings (SSSR count). The lowest BCUT2D eigenvalue weighted by molar-refractivity contribution is 0.0308. The monoisotopic (exact) mass is 182 g/mol. The number of hydrogen-bond acceptors (Lipinski definition) is 1. The van der Waals surface area contributed by atoms with Crippen molar-refractivity contribution in [3.63, 3.8) is 0 Å². The van der Waals surface area contributed by atoms with Crippen molar-refractivity contribution in [3.05, 3.63) is 12.2 Å². The maximum absolute atomic E-state index is 9.93. The molecule has 0 aliphatic heterocycles. The molecule has 1 aliphatic carbocycles. The minimum Gasteiger partial charge on any atom is -0.393 e. The molecule has 76 valence electrons. The van der Waals surface area contributed by atoms with E-state index in [2.05, 4.69) is 34.3 Å². The average molecular weight is 182 g/mol. The molecule has 1 aliphatic rings. The van der Waals surface area contributed by atoms with Crippen molar-refractivity contribution in [1.29, 1.82) is 0 Å².